The van der Waals surface area contributed by atoms with Gasteiger partial charge in [0.15, 0.2) is 11.5 Å². The highest BCUT2D eigenvalue weighted by Crippen LogP contribution is 2.32. The predicted octanol–water partition coefficient (Wildman–Crippen LogP) is 1.52. The lowest BCUT2D eigenvalue weighted by Crippen LogP contribution is -2.34. The first-order chi connectivity index (χ1) is 13.0. The van der Waals surface area contributed by atoms with Gasteiger partial charge in [-0.2, -0.15) is 0 Å². The van der Waals surface area contributed by atoms with Crippen molar-refractivity contribution in [3.8, 4) is 17.2 Å². The van der Waals surface area contributed by atoms with Crippen LogP contribution in [0.2, 0.25) is 0 Å². The third kappa shape index (κ3) is 4.69. The number of rotatable bonds is 8. The lowest BCUT2D eigenvalue weighted by molar-refractivity contribution is 0.0954. The molecule has 27 heavy (non-hydrogen) atoms. The molecule has 0 saturated heterocycles. The zero-order chi connectivity index (χ0) is 19.3. The van der Waals surface area contributed by atoms with Gasteiger partial charge < -0.3 is 19.5 Å². The summed E-state index contributed by atoms with van der Waals surface area (Å²) in [5.74, 6) is 1.38. The molecule has 2 aromatic rings. The van der Waals surface area contributed by atoms with E-state index in [0.29, 0.717) is 29.4 Å². The fourth-order valence-corrected chi connectivity index (χ4v) is 3.50. The van der Waals surface area contributed by atoms with Crippen LogP contribution in [0.4, 0.5) is 0 Å². The van der Waals surface area contributed by atoms with Crippen LogP contribution in [0.15, 0.2) is 47.4 Å². The average molecular weight is 392 g/mol. The van der Waals surface area contributed by atoms with Gasteiger partial charge in [-0.3, -0.25) is 4.79 Å². The average Bonchev–Trinajstić information content (AvgIpc) is 3.13. The number of carbonyl (C=O) groups excluding carboxylic acids is 1. The van der Waals surface area contributed by atoms with Crippen LogP contribution < -0.4 is 24.2 Å². The van der Waals surface area contributed by atoms with Crippen molar-refractivity contribution in [1.29, 1.82) is 0 Å². The Kier molecular flexibility index (Phi) is 5.82. The molecule has 2 aromatic carbocycles. The van der Waals surface area contributed by atoms with Crippen LogP contribution in [0.3, 0.4) is 0 Å². The largest absolute Gasteiger partial charge is 0.494 e. The van der Waals surface area contributed by atoms with Gasteiger partial charge in [-0.05, 0) is 49.4 Å². The van der Waals surface area contributed by atoms with Crippen molar-refractivity contribution in [3.63, 3.8) is 0 Å². The van der Waals surface area contributed by atoms with Gasteiger partial charge in [0.1, 0.15) is 5.75 Å². The van der Waals surface area contributed by atoms with Crippen molar-refractivity contribution in [3.05, 3.63) is 48.0 Å². The summed E-state index contributed by atoms with van der Waals surface area (Å²) in [6, 6.07) is 11.0. The molecule has 1 aliphatic rings. The van der Waals surface area contributed by atoms with Gasteiger partial charge >= 0.3 is 0 Å². The van der Waals surface area contributed by atoms with Gasteiger partial charge in [-0.15, -0.1) is 0 Å². The van der Waals surface area contributed by atoms with E-state index in [1.54, 1.807) is 30.3 Å². The van der Waals surface area contributed by atoms with Crippen molar-refractivity contribution in [2.45, 2.75) is 11.8 Å². The fourth-order valence-electron chi connectivity index (χ4n) is 2.47. The quantitative estimate of drug-likeness (QED) is 0.661. The molecule has 0 fully saturated rings. The van der Waals surface area contributed by atoms with E-state index in [1.165, 1.54) is 12.1 Å². The van der Waals surface area contributed by atoms with E-state index in [-0.39, 0.29) is 30.7 Å². The molecule has 0 saturated carbocycles. The van der Waals surface area contributed by atoms with E-state index in [0.717, 1.165) is 0 Å². The van der Waals surface area contributed by atoms with Crippen LogP contribution in [0.1, 0.15) is 17.3 Å². The van der Waals surface area contributed by atoms with Gasteiger partial charge in [-0.25, -0.2) is 13.1 Å². The lowest BCUT2D eigenvalue weighted by Gasteiger charge is -2.09. The highest BCUT2D eigenvalue weighted by atomic mass is 32.2. The molecule has 1 amide bonds. The standard InChI is InChI=1S/C18H20N2O6S/c1-2-24-14-4-6-15(7-5-14)27(22,23)20-10-9-19-18(21)13-3-8-16-17(11-13)26-12-25-16/h3-8,11,20H,2,9-10,12H2,1H3,(H,19,21). The highest BCUT2D eigenvalue weighted by Gasteiger charge is 2.17. The zero-order valence-electron chi connectivity index (χ0n) is 14.7. The first-order valence-corrected chi connectivity index (χ1v) is 9.88. The molecule has 0 atom stereocenters. The number of ether oxygens (including phenoxy) is 3. The summed E-state index contributed by atoms with van der Waals surface area (Å²) >= 11 is 0. The minimum atomic E-state index is -3.66. The van der Waals surface area contributed by atoms with Gasteiger partial charge in [0.05, 0.1) is 11.5 Å². The van der Waals surface area contributed by atoms with E-state index >= 15 is 0 Å². The van der Waals surface area contributed by atoms with Crippen LogP contribution in [0.25, 0.3) is 0 Å². The number of hydrogen-bond acceptors (Lipinski definition) is 6. The van der Waals surface area contributed by atoms with Crippen molar-refractivity contribution in [2.75, 3.05) is 26.5 Å². The van der Waals surface area contributed by atoms with E-state index in [2.05, 4.69) is 10.0 Å². The van der Waals surface area contributed by atoms with Crippen molar-refractivity contribution >= 4 is 15.9 Å². The van der Waals surface area contributed by atoms with Crippen LogP contribution in [0.5, 0.6) is 17.2 Å². The second-order valence-electron chi connectivity index (χ2n) is 5.63. The summed E-state index contributed by atoms with van der Waals surface area (Å²) < 4.78 is 42.7. The molecule has 144 valence electrons. The summed E-state index contributed by atoms with van der Waals surface area (Å²) in [5, 5.41) is 2.66. The van der Waals surface area contributed by atoms with Crippen molar-refractivity contribution in [1.82, 2.24) is 10.0 Å². The Morgan fingerprint density at radius 1 is 1.07 bits per heavy atom. The maximum Gasteiger partial charge on any atom is 0.251 e. The minimum absolute atomic E-state index is 0.0613. The Morgan fingerprint density at radius 3 is 2.56 bits per heavy atom. The van der Waals surface area contributed by atoms with E-state index < -0.39 is 10.0 Å². The Bertz CT molecular complexity index is 912. The SMILES string of the molecule is CCOc1ccc(S(=O)(=O)NCCNC(=O)c2ccc3c(c2)OCO3)cc1. The molecule has 0 aliphatic carbocycles. The molecule has 1 aliphatic heterocycles. The Balaban J connectivity index is 1.49. The summed E-state index contributed by atoms with van der Waals surface area (Å²) in [6.07, 6.45) is 0. The second-order valence-corrected chi connectivity index (χ2v) is 7.39. The van der Waals surface area contributed by atoms with E-state index in [4.69, 9.17) is 14.2 Å². The molecule has 3 rings (SSSR count). The minimum Gasteiger partial charge on any atom is -0.494 e. The molecule has 8 nitrogen and oxygen atoms in total. The van der Waals surface area contributed by atoms with Crippen molar-refractivity contribution in [2.24, 2.45) is 0 Å². The number of hydrogen-bond donors (Lipinski definition) is 2. The third-order valence-electron chi connectivity index (χ3n) is 3.78. The van der Waals surface area contributed by atoms with E-state index in [9.17, 15) is 13.2 Å². The number of fused-ring (bicyclic) bond motifs is 1. The summed E-state index contributed by atoms with van der Waals surface area (Å²) in [5.41, 5.74) is 0.411. The molecular formula is C18H20N2O6S. The second kappa shape index (κ2) is 8.28. The first-order valence-electron chi connectivity index (χ1n) is 8.40. The molecule has 9 heteroatoms. The first kappa shape index (κ1) is 19.0. The third-order valence-corrected chi connectivity index (χ3v) is 5.26. The smallest absolute Gasteiger partial charge is 0.251 e. The van der Waals surface area contributed by atoms with Gasteiger partial charge in [0.25, 0.3) is 5.91 Å². The van der Waals surface area contributed by atoms with Crippen LogP contribution in [-0.2, 0) is 10.0 Å². The fraction of sp³-hybridized carbons (Fsp3) is 0.278. The molecule has 0 aromatic heterocycles. The molecule has 0 spiro atoms. The number of benzene rings is 2. The summed E-state index contributed by atoms with van der Waals surface area (Å²) in [6.45, 7) is 2.70. The van der Waals surface area contributed by atoms with Crippen LogP contribution >= 0.6 is 0 Å². The van der Waals surface area contributed by atoms with Crippen molar-refractivity contribution < 1.29 is 27.4 Å². The van der Waals surface area contributed by atoms with E-state index in [1.807, 2.05) is 6.92 Å². The topological polar surface area (TPSA) is 103 Å². The Labute approximate surface area is 157 Å². The van der Waals surface area contributed by atoms with Gasteiger partial charge in [0.2, 0.25) is 16.8 Å². The highest BCUT2D eigenvalue weighted by molar-refractivity contribution is 7.89. The lowest BCUT2D eigenvalue weighted by atomic mass is 10.2. The maximum absolute atomic E-state index is 12.2. The molecule has 2 N–H and O–H groups in total. The molecule has 0 unspecified atom stereocenters. The molecule has 0 bridgehead atoms. The van der Waals surface area contributed by atoms with Gasteiger partial charge in [0, 0.05) is 18.7 Å². The Hall–Kier alpha value is -2.78. The normalized spacial score (nSPS) is 12.6. The molecule has 1 heterocycles. The molecule has 0 radical (unpaired) electrons. The number of nitrogens with one attached hydrogen (secondary N) is 2. The number of amides is 1. The number of carbonyl (C=O) groups is 1. The van der Waals surface area contributed by atoms with Crippen LogP contribution in [-0.4, -0.2) is 40.8 Å². The zero-order valence-corrected chi connectivity index (χ0v) is 15.5. The predicted molar refractivity (Wildman–Crippen MR) is 97.7 cm³/mol. The summed E-state index contributed by atoms with van der Waals surface area (Å²) in [7, 11) is -3.66. The number of sulfonamides is 1. The van der Waals surface area contributed by atoms with Crippen LogP contribution in [0, 0.1) is 0 Å². The summed E-state index contributed by atoms with van der Waals surface area (Å²) in [4.78, 5) is 12.3. The van der Waals surface area contributed by atoms with Gasteiger partial charge in [-0.1, -0.05) is 0 Å². The Morgan fingerprint density at radius 2 is 1.81 bits per heavy atom. The maximum atomic E-state index is 12.2. The monoisotopic (exact) mass is 392 g/mol. The molecular weight excluding hydrogens is 372 g/mol.